The maximum Gasteiger partial charge on any atom is 0.139 e. The van der Waals surface area contributed by atoms with E-state index < -0.39 is 0 Å². The second-order valence-electron chi connectivity index (χ2n) is 12.9. The second kappa shape index (κ2) is 9.96. The summed E-state index contributed by atoms with van der Waals surface area (Å²) in [6.07, 6.45) is 1.73. The van der Waals surface area contributed by atoms with E-state index in [1.165, 1.54) is 65.6 Å². The van der Waals surface area contributed by atoms with Crippen molar-refractivity contribution in [1.29, 1.82) is 0 Å². The SMILES string of the molecule is c1ccc(-n2c3ccccc3c3ccc(-c4c5ccccc5c(-c5ccc6oc7cc8occc8cc7c6c5)c5ccccc45)cc32)cc1. The minimum absolute atomic E-state index is 0.835. The first-order valence-corrected chi connectivity index (χ1v) is 16.7. The fraction of sp³-hybridized carbons (Fsp3) is 0. The summed E-state index contributed by atoms with van der Waals surface area (Å²) >= 11 is 0. The van der Waals surface area contributed by atoms with Crippen LogP contribution in [-0.2, 0) is 0 Å². The van der Waals surface area contributed by atoms with Gasteiger partial charge >= 0.3 is 0 Å². The number of benzene rings is 8. The molecule has 228 valence electrons. The number of nitrogens with zero attached hydrogens (tertiary/aromatic N) is 1. The van der Waals surface area contributed by atoms with E-state index in [1.807, 2.05) is 12.1 Å². The van der Waals surface area contributed by atoms with Crippen LogP contribution in [0, 0.1) is 0 Å². The predicted octanol–water partition coefficient (Wildman–Crippen LogP) is 13.1. The maximum absolute atomic E-state index is 6.31. The first-order chi connectivity index (χ1) is 24.3. The van der Waals surface area contributed by atoms with E-state index in [2.05, 4.69) is 150 Å². The quantitative estimate of drug-likeness (QED) is 0.183. The molecule has 0 atom stereocenters. The van der Waals surface area contributed by atoms with Gasteiger partial charge in [-0.1, -0.05) is 103 Å². The lowest BCUT2D eigenvalue weighted by Gasteiger charge is -2.18. The Labute approximate surface area is 280 Å². The van der Waals surface area contributed by atoms with Gasteiger partial charge in [0.25, 0.3) is 0 Å². The molecule has 0 radical (unpaired) electrons. The molecular formula is C46H27NO2. The molecule has 3 heteroatoms. The van der Waals surface area contributed by atoms with Gasteiger partial charge in [-0.2, -0.15) is 0 Å². The Morgan fingerprint density at radius 3 is 1.69 bits per heavy atom. The molecule has 0 unspecified atom stereocenters. The van der Waals surface area contributed by atoms with Crippen molar-refractivity contribution in [2.45, 2.75) is 0 Å². The third-order valence-corrected chi connectivity index (χ3v) is 10.2. The monoisotopic (exact) mass is 625 g/mol. The summed E-state index contributed by atoms with van der Waals surface area (Å²) in [5.41, 5.74) is 11.0. The van der Waals surface area contributed by atoms with E-state index in [-0.39, 0.29) is 0 Å². The number of fused-ring (bicyclic) bond motifs is 9. The zero-order valence-corrected chi connectivity index (χ0v) is 26.4. The summed E-state index contributed by atoms with van der Waals surface area (Å²) in [5.74, 6) is 0. The number of aromatic nitrogens is 1. The highest BCUT2D eigenvalue weighted by molar-refractivity contribution is 6.23. The predicted molar refractivity (Wildman–Crippen MR) is 204 cm³/mol. The van der Waals surface area contributed by atoms with Crippen molar-refractivity contribution in [2.75, 3.05) is 0 Å². The average molecular weight is 626 g/mol. The first kappa shape index (κ1) is 26.5. The van der Waals surface area contributed by atoms with Crippen LogP contribution in [-0.4, -0.2) is 4.57 Å². The van der Waals surface area contributed by atoms with Crippen molar-refractivity contribution in [1.82, 2.24) is 4.57 Å². The molecule has 0 amide bonds. The van der Waals surface area contributed by atoms with Crippen LogP contribution in [0.3, 0.4) is 0 Å². The number of hydrogen-bond acceptors (Lipinski definition) is 2. The summed E-state index contributed by atoms with van der Waals surface area (Å²) in [7, 11) is 0. The molecule has 49 heavy (non-hydrogen) atoms. The van der Waals surface area contributed by atoms with Gasteiger partial charge in [0.2, 0.25) is 0 Å². The van der Waals surface area contributed by atoms with Crippen molar-refractivity contribution < 1.29 is 8.83 Å². The molecule has 3 heterocycles. The topological polar surface area (TPSA) is 31.2 Å². The van der Waals surface area contributed by atoms with Crippen LogP contribution in [0.4, 0.5) is 0 Å². The van der Waals surface area contributed by atoms with Gasteiger partial charge in [-0.05, 0) is 92.3 Å². The van der Waals surface area contributed by atoms with E-state index in [9.17, 15) is 0 Å². The summed E-state index contributed by atoms with van der Waals surface area (Å²) in [5, 5.41) is 10.7. The molecule has 11 rings (SSSR count). The van der Waals surface area contributed by atoms with Gasteiger partial charge < -0.3 is 13.4 Å². The normalized spacial score (nSPS) is 12.1. The molecule has 0 aliphatic rings. The molecule has 0 aliphatic carbocycles. The van der Waals surface area contributed by atoms with Gasteiger partial charge in [-0.3, -0.25) is 0 Å². The van der Waals surface area contributed by atoms with Crippen LogP contribution < -0.4 is 0 Å². The van der Waals surface area contributed by atoms with E-state index >= 15 is 0 Å². The highest BCUT2D eigenvalue weighted by Gasteiger charge is 2.20. The molecule has 3 aromatic heterocycles. The summed E-state index contributed by atoms with van der Waals surface area (Å²) in [6.45, 7) is 0. The third kappa shape index (κ3) is 3.78. The molecule has 3 nitrogen and oxygen atoms in total. The van der Waals surface area contributed by atoms with Gasteiger partial charge in [0.05, 0.1) is 17.3 Å². The van der Waals surface area contributed by atoms with Gasteiger partial charge in [0, 0.05) is 38.7 Å². The van der Waals surface area contributed by atoms with Gasteiger partial charge in [-0.25, -0.2) is 0 Å². The van der Waals surface area contributed by atoms with E-state index in [0.29, 0.717) is 0 Å². The molecular weight excluding hydrogens is 599 g/mol. The number of rotatable bonds is 3. The molecule has 0 saturated carbocycles. The molecule has 0 N–H and O–H groups in total. The van der Waals surface area contributed by atoms with Gasteiger partial charge in [0.1, 0.15) is 16.7 Å². The van der Waals surface area contributed by atoms with Gasteiger partial charge in [0.15, 0.2) is 0 Å². The Kier molecular flexibility index (Phi) is 5.38. The van der Waals surface area contributed by atoms with Crippen LogP contribution in [0.5, 0.6) is 0 Å². The molecule has 11 aromatic rings. The van der Waals surface area contributed by atoms with Gasteiger partial charge in [-0.15, -0.1) is 0 Å². The molecule has 0 fully saturated rings. The standard InChI is InChI=1S/C46H27NO2/c1-2-10-31(11-3-1)47-40-17-9-8-12-32(40)33-20-18-30(26-41(33)47)46-36-15-6-4-13-34(36)45(35-14-5-7-16-37(35)46)29-19-21-42-38(25-29)39-24-28-22-23-48-43(28)27-44(39)49-42/h1-27H. The largest absolute Gasteiger partial charge is 0.464 e. The van der Waals surface area contributed by atoms with Crippen LogP contribution >= 0.6 is 0 Å². The highest BCUT2D eigenvalue weighted by atomic mass is 16.3. The Morgan fingerprint density at radius 1 is 0.367 bits per heavy atom. The lowest BCUT2D eigenvalue weighted by atomic mass is 9.85. The smallest absolute Gasteiger partial charge is 0.139 e. The van der Waals surface area contributed by atoms with Crippen molar-refractivity contribution in [3.05, 3.63) is 164 Å². The lowest BCUT2D eigenvalue weighted by molar-refractivity contribution is 0.613. The Hall–Kier alpha value is -6.58. The lowest BCUT2D eigenvalue weighted by Crippen LogP contribution is -1.94. The molecule has 0 saturated heterocycles. The molecule has 8 aromatic carbocycles. The van der Waals surface area contributed by atoms with E-state index in [4.69, 9.17) is 8.83 Å². The number of para-hydroxylation sites is 2. The van der Waals surface area contributed by atoms with Crippen molar-refractivity contribution in [3.8, 4) is 27.9 Å². The number of furan rings is 2. The Morgan fingerprint density at radius 2 is 0.959 bits per heavy atom. The fourth-order valence-electron chi connectivity index (χ4n) is 8.12. The van der Waals surface area contributed by atoms with Crippen molar-refractivity contribution in [2.24, 2.45) is 0 Å². The number of hydrogen-bond donors (Lipinski definition) is 0. The van der Waals surface area contributed by atoms with Crippen LogP contribution in [0.1, 0.15) is 0 Å². The third-order valence-electron chi connectivity index (χ3n) is 10.2. The summed E-state index contributed by atoms with van der Waals surface area (Å²) in [6, 6.07) is 56.9. The summed E-state index contributed by atoms with van der Waals surface area (Å²) < 4.78 is 14.4. The minimum Gasteiger partial charge on any atom is -0.464 e. The second-order valence-corrected chi connectivity index (χ2v) is 12.9. The average Bonchev–Trinajstić information content (AvgIpc) is 3.86. The zero-order valence-electron chi connectivity index (χ0n) is 26.4. The van der Waals surface area contributed by atoms with Crippen LogP contribution in [0.2, 0.25) is 0 Å². The van der Waals surface area contributed by atoms with Crippen molar-refractivity contribution in [3.63, 3.8) is 0 Å². The molecule has 0 aliphatic heterocycles. The fourth-order valence-corrected chi connectivity index (χ4v) is 8.12. The van der Waals surface area contributed by atoms with E-state index in [1.54, 1.807) is 6.26 Å². The maximum atomic E-state index is 6.31. The Bertz CT molecular complexity index is 3050. The first-order valence-electron chi connectivity index (χ1n) is 16.7. The van der Waals surface area contributed by atoms with Crippen LogP contribution in [0.15, 0.2) is 173 Å². The Balaban J connectivity index is 1.20. The van der Waals surface area contributed by atoms with E-state index in [0.717, 1.165) is 38.6 Å². The zero-order chi connectivity index (χ0) is 32.1. The van der Waals surface area contributed by atoms with Crippen molar-refractivity contribution >= 4 is 76.3 Å². The molecule has 0 bridgehead atoms. The molecule has 0 spiro atoms. The highest BCUT2D eigenvalue weighted by Crippen LogP contribution is 2.46. The minimum atomic E-state index is 0.835. The van der Waals surface area contributed by atoms with Crippen LogP contribution in [0.25, 0.3) is 104 Å². The summed E-state index contributed by atoms with van der Waals surface area (Å²) in [4.78, 5) is 0.